The molecular weight excluding hydrogens is 342 g/mol. The van der Waals surface area contributed by atoms with Gasteiger partial charge >= 0.3 is 5.97 Å². The third-order valence-corrected chi connectivity index (χ3v) is 7.29. The summed E-state index contributed by atoms with van der Waals surface area (Å²) in [6.45, 7) is 7.89. The molecule has 27 heavy (non-hydrogen) atoms. The lowest BCUT2D eigenvalue weighted by Crippen LogP contribution is -2.69. The van der Waals surface area contributed by atoms with Crippen LogP contribution in [0.5, 0.6) is 0 Å². The highest BCUT2D eigenvalue weighted by atomic mass is 16.5. The van der Waals surface area contributed by atoms with Gasteiger partial charge in [-0.1, -0.05) is 12.8 Å². The van der Waals surface area contributed by atoms with Crippen LogP contribution in [-0.4, -0.2) is 61.8 Å². The quantitative estimate of drug-likeness (QED) is 0.463. The van der Waals surface area contributed by atoms with E-state index in [1.165, 1.54) is 32.1 Å². The number of rotatable bonds is 4. The van der Waals surface area contributed by atoms with E-state index in [9.17, 15) is 4.79 Å². The first-order chi connectivity index (χ1) is 13.2. The van der Waals surface area contributed by atoms with Gasteiger partial charge in [0.2, 0.25) is 0 Å². The number of fused-ring (bicyclic) bond motifs is 2. The topological polar surface area (TPSA) is 63.2 Å². The molecule has 6 nitrogen and oxygen atoms in total. The zero-order valence-electron chi connectivity index (χ0n) is 16.9. The highest BCUT2D eigenvalue weighted by molar-refractivity contribution is 5.81. The first-order valence-electron chi connectivity index (χ1n) is 11.0. The van der Waals surface area contributed by atoms with Crippen molar-refractivity contribution in [2.24, 2.45) is 22.2 Å². The van der Waals surface area contributed by atoms with Gasteiger partial charge in [-0.2, -0.15) is 0 Å². The number of hydrogen-bond acceptors (Lipinski definition) is 4. The highest BCUT2D eigenvalue weighted by Gasteiger charge is 2.65. The minimum Gasteiger partial charge on any atom is -0.466 e. The number of carbonyl (C=O) groups excluding carboxylic acids is 1. The molecule has 1 spiro atoms. The number of esters is 1. The van der Waals surface area contributed by atoms with E-state index in [1.54, 1.807) is 0 Å². The molecule has 2 saturated carbocycles. The number of nitrogens with zero attached hydrogens (tertiary/aromatic N) is 2. The van der Waals surface area contributed by atoms with Crippen molar-refractivity contribution < 1.29 is 14.3 Å². The molecule has 2 saturated heterocycles. The van der Waals surface area contributed by atoms with E-state index in [-0.39, 0.29) is 11.9 Å². The third-order valence-electron chi connectivity index (χ3n) is 7.29. The molecule has 152 valence electrons. The molecule has 0 radical (unpaired) electrons. The van der Waals surface area contributed by atoms with Crippen LogP contribution in [0.2, 0.25) is 0 Å². The Morgan fingerprint density at radius 3 is 2.63 bits per heavy atom. The van der Waals surface area contributed by atoms with E-state index < -0.39 is 0 Å². The summed E-state index contributed by atoms with van der Waals surface area (Å²) in [5.41, 5.74) is 0.332. The number of aliphatic imine (C=N–C) groups is 1. The Morgan fingerprint density at radius 1 is 1.22 bits per heavy atom. The van der Waals surface area contributed by atoms with Crippen LogP contribution in [0.25, 0.3) is 0 Å². The average molecular weight is 378 g/mol. The molecule has 0 aromatic heterocycles. The minimum absolute atomic E-state index is 0.0334. The van der Waals surface area contributed by atoms with Crippen molar-refractivity contribution in [3.05, 3.63) is 0 Å². The van der Waals surface area contributed by atoms with Crippen molar-refractivity contribution >= 4 is 11.9 Å². The fraction of sp³-hybridized carbons (Fsp3) is 0.905. The lowest BCUT2D eigenvalue weighted by Gasteiger charge is -2.57. The molecule has 1 N–H and O–H groups in total. The van der Waals surface area contributed by atoms with Crippen molar-refractivity contribution in [3.8, 4) is 0 Å². The second-order valence-corrected chi connectivity index (χ2v) is 8.62. The van der Waals surface area contributed by atoms with Crippen molar-refractivity contribution in [2.75, 3.05) is 32.8 Å². The molecule has 0 amide bonds. The van der Waals surface area contributed by atoms with Gasteiger partial charge in [-0.15, -0.1) is 0 Å². The van der Waals surface area contributed by atoms with Crippen molar-refractivity contribution in [2.45, 2.75) is 70.9 Å². The maximum absolute atomic E-state index is 12.0. The van der Waals surface area contributed by atoms with Crippen molar-refractivity contribution in [3.63, 3.8) is 0 Å². The molecule has 2 aliphatic heterocycles. The maximum atomic E-state index is 12.0. The minimum atomic E-state index is -0.0334. The van der Waals surface area contributed by atoms with E-state index in [0.717, 1.165) is 45.0 Å². The Kier molecular flexibility index (Phi) is 5.62. The van der Waals surface area contributed by atoms with Gasteiger partial charge in [0, 0.05) is 43.6 Å². The van der Waals surface area contributed by atoms with Crippen LogP contribution in [0.1, 0.15) is 58.8 Å². The Morgan fingerprint density at radius 2 is 1.96 bits per heavy atom. The van der Waals surface area contributed by atoms with Crippen LogP contribution in [-0.2, 0) is 14.3 Å². The summed E-state index contributed by atoms with van der Waals surface area (Å²) in [7, 11) is 0. The monoisotopic (exact) mass is 377 g/mol. The summed E-state index contributed by atoms with van der Waals surface area (Å²) in [5.74, 6) is 1.69. The summed E-state index contributed by atoms with van der Waals surface area (Å²) >= 11 is 0. The summed E-state index contributed by atoms with van der Waals surface area (Å²) in [6.07, 6.45) is 8.59. The first kappa shape index (κ1) is 19.0. The predicted molar refractivity (Wildman–Crippen MR) is 105 cm³/mol. The normalized spacial score (nSPS) is 33.0. The molecule has 4 rings (SSSR count). The largest absolute Gasteiger partial charge is 0.466 e. The van der Waals surface area contributed by atoms with Gasteiger partial charge in [-0.05, 0) is 46.0 Å². The molecule has 3 unspecified atom stereocenters. The zero-order valence-corrected chi connectivity index (χ0v) is 16.9. The molecule has 2 heterocycles. The van der Waals surface area contributed by atoms with E-state index in [2.05, 4.69) is 17.1 Å². The number of guanidine groups is 1. The lowest BCUT2D eigenvalue weighted by atomic mass is 9.54. The van der Waals surface area contributed by atoms with Crippen LogP contribution < -0.4 is 5.32 Å². The van der Waals surface area contributed by atoms with E-state index in [4.69, 9.17) is 14.5 Å². The predicted octanol–water partition coefficient (Wildman–Crippen LogP) is 2.57. The van der Waals surface area contributed by atoms with Crippen LogP contribution in [0.4, 0.5) is 0 Å². The first-order valence-corrected chi connectivity index (χ1v) is 11.0. The molecule has 0 aromatic carbocycles. The van der Waals surface area contributed by atoms with E-state index in [0.29, 0.717) is 30.1 Å². The number of ether oxygens (including phenoxy) is 2. The van der Waals surface area contributed by atoms with Crippen molar-refractivity contribution in [1.29, 1.82) is 0 Å². The van der Waals surface area contributed by atoms with Gasteiger partial charge < -0.3 is 19.7 Å². The summed E-state index contributed by atoms with van der Waals surface area (Å²) < 4.78 is 11.3. The SMILES string of the molecule is CCN=C(NC1C2CCOC2C12CCCC2)N1CCC(C(=O)OCC)CC1. The second kappa shape index (κ2) is 7.98. The fourth-order valence-corrected chi connectivity index (χ4v) is 6.02. The van der Waals surface area contributed by atoms with Crippen LogP contribution in [0, 0.1) is 17.3 Å². The number of piperidine rings is 1. The molecule has 4 aliphatic rings. The number of nitrogens with one attached hydrogen (secondary N) is 1. The average Bonchev–Trinajstić information content (AvgIpc) is 3.34. The lowest BCUT2D eigenvalue weighted by molar-refractivity contribution is -0.149. The van der Waals surface area contributed by atoms with Gasteiger partial charge in [0.05, 0.1) is 18.6 Å². The van der Waals surface area contributed by atoms with Gasteiger partial charge in [0.15, 0.2) is 5.96 Å². The Hall–Kier alpha value is -1.30. The van der Waals surface area contributed by atoms with Gasteiger partial charge in [0.1, 0.15) is 0 Å². The van der Waals surface area contributed by atoms with Gasteiger partial charge in [-0.3, -0.25) is 9.79 Å². The van der Waals surface area contributed by atoms with Crippen molar-refractivity contribution in [1.82, 2.24) is 10.2 Å². The Balaban J connectivity index is 1.40. The smallest absolute Gasteiger partial charge is 0.309 e. The molecule has 4 fully saturated rings. The number of hydrogen-bond donors (Lipinski definition) is 1. The Bertz CT molecular complexity index is 565. The second-order valence-electron chi connectivity index (χ2n) is 8.62. The molecule has 0 aromatic rings. The standard InChI is InChI=1S/C21H35N3O3/c1-3-22-20(24-12-7-15(8-13-24)19(25)26-4-2)23-17-16-9-14-27-18(16)21(17)10-5-6-11-21/h15-18H,3-14H2,1-2H3,(H,22,23). The molecular formula is C21H35N3O3. The summed E-state index contributed by atoms with van der Waals surface area (Å²) in [6, 6.07) is 0.501. The summed E-state index contributed by atoms with van der Waals surface area (Å²) in [5, 5.41) is 3.88. The molecule has 3 atom stereocenters. The fourth-order valence-electron chi connectivity index (χ4n) is 6.02. The molecule has 6 heteroatoms. The zero-order chi connectivity index (χ0) is 18.9. The third kappa shape index (κ3) is 3.34. The van der Waals surface area contributed by atoms with E-state index in [1.807, 2.05) is 6.92 Å². The van der Waals surface area contributed by atoms with Crippen LogP contribution in [0.3, 0.4) is 0 Å². The van der Waals surface area contributed by atoms with Gasteiger partial charge in [-0.25, -0.2) is 0 Å². The number of likely N-dealkylation sites (tertiary alicyclic amines) is 1. The Labute approximate surface area is 163 Å². The molecule has 0 bridgehead atoms. The van der Waals surface area contributed by atoms with E-state index >= 15 is 0 Å². The van der Waals surface area contributed by atoms with Crippen LogP contribution in [0.15, 0.2) is 4.99 Å². The number of carbonyl (C=O) groups is 1. The highest BCUT2D eigenvalue weighted by Crippen LogP contribution is 2.60. The molecule has 2 aliphatic carbocycles. The van der Waals surface area contributed by atoms with Gasteiger partial charge in [0.25, 0.3) is 0 Å². The maximum Gasteiger partial charge on any atom is 0.309 e. The van der Waals surface area contributed by atoms with Crippen LogP contribution >= 0.6 is 0 Å². The summed E-state index contributed by atoms with van der Waals surface area (Å²) in [4.78, 5) is 19.2.